The van der Waals surface area contributed by atoms with Crippen LogP contribution in [0.4, 0.5) is 0 Å². The molecule has 13 heavy (non-hydrogen) atoms. The smallest absolute Gasteiger partial charge is 0.123 e. The number of aliphatic hydroxyl groups excluding tert-OH is 1. The van der Waals surface area contributed by atoms with Gasteiger partial charge >= 0.3 is 0 Å². The number of rotatable bonds is 1. The highest BCUT2D eigenvalue weighted by atomic mass is 79.9. The Bertz CT molecular complexity index is 282. The average molecular weight is 245 g/mol. The molecular formula is C10H13BrO2. The van der Waals surface area contributed by atoms with E-state index in [-0.39, 0.29) is 12.0 Å². The molecule has 1 aromatic heterocycles. The van der Waals surface area contributed by atoms with Gasteiger partial charge < -0.3 is 9.52 Å². The van der Waals surface area contributed by atoms with Crippen molar-refractivity contribution in [3.63, 3.8) is 0 Å². The van der Waals surface area contributed by atoms with Crippen LogP contribution in [0.15, 0.2) is 21.2 Å². The molecule has 0 amide bonds. The van der Waals surface area contributed by atoms with E-state index in [4.69, 9.17) is 4.42 Å². The van der Waals surface area contributed by atoms with Crippen LogP contribution in [0, 0.1) is 0 Å². The molecule has 0 bridgehead atoms. The lowest BCUT2D eigenvalue weighted by Crippen LogP contribution is -2.22. The average Bonchev–Trinajstić information content (AvgIpc) is 2.52. The first-order valence-corrected chi connectivity index (χ1v) is 5.49. The fourth-order valence-corrected chi connectivity index (χ4v) is 2.48. The third kappa shape index (κ3) is 1.81. The lowest BCUT2D eigenvalue weighted by molar-refractivity contribution is 0.0961. The SMILES string of the molecule is O[C@@H]1CCCC[C@H]1c1occc1Br. The molecule has 1 aromatic rings. The van der Waals surface area contributed by atoms with Gasteiger partial charge in [0.1, 0.15) is 5.76 Å². The molecule has 0 spiro atoms. The van der Waals surface area contributed by atoms with Gasteiger partial charge in [0.05, 0.1) is 16.8 Å². The molecule has 0 unspecified atom stereocenters. The first-order chi connectivity index (χ1) is 6.29. The summed E-state index contributed by atoms with van der Waals surface area (Å²) in [6.45, 7) is 0. The molecule has 0 saturated heterocycles. The Hall–Kier alpha value is -0.280. The standard InChI is InChI=1S/C10H13BrO2/c11-8-5-6-13-10(8)7-3-1-2-4-9(7)12/h5-7,9,12H,1-4H2/t7-,9-/m1/s1. The van der Waals surface area contributed by atoms with E-state index in [1.165, 1.54) is 6.42 Å². The lowest BCUT2D eigenvalue weighted by atomic mass is 9.85. The third-order valence-corrected chi connectivity index (χ3v) is 3.37. The number of furan rings is 1. The van der Waals surface area contributed by atoms with E-state index in [1.807, 2.05) is 6.07 Å². The number of hydrogen-bond donors (Lipinski definition) is 1. The van der Waals surface area contributed by atoms with Gasteiger partial charge in [-0.2, -0.15) is 0 Å². The fourth-order valence-electron chi connectivity index (χ4n) is 1.99. The van der Waals surface area contributed by atoms with Gasteiger partial charge in [-0.25, -0.2) is 0 Å². The second kappa shape index (κ2) is 3.84. The topological polar surface area (TPSA) is 33.4 Å². The maximum Gasteiger partial charge on any atom is 0.123 e. The molecule has 2 rings (SSSR count). The van der Waals surface area contributed by atoms with Gasteiger partial charge in [0.25, 0.3) is 0 Å². The van der Waals surface area contributed by atoms with Gasteiger partial charge in [0.15, 0.2) is 0 Å². The monoisotopic (exact) mass is 244 g/mol. The molecule has 2 nitrogen and oxygen atoms in total. The van der Waals surface area contributed by atoms with Crippen LogP contribution in [-0.4, -0.2) is 11.2 Å². The number of halogens is 1. The van der Waals surface area contributed by atoms with Crippen molar-refractivity contribution >= 4 is 15.9 Å². The first kappa shape index (κ1) is 9.28. The Labute approximate surface area is 86.1 Å². The first-order valence-electron chi connectivity index (χ1n) is 4.70. The Morgan fingerprint density at radius 3 is 2.77 bits per heavy atom. The zero-order valence-corrected chi connectivity index (χ0v) is 8.96. The molecular weight excluding hydrogens is 232 g/mol. The van der Waals surface area contributed by atoms with Crippen molar-refractivity contribution in [1.82, 2.24) is 0 Å². The lowest BCUT2D eigenvalue weighted by Gasteiger charge is -2.26. The predicted molar refractivity (Wildman–Crippen MR) is 53.6 cm³/mol. The van der Waals surface area contributed by atoms with Crippen LogP contribution in [0.5, 0.6) is 0 Å². The Morgan fingerprint density at radius 1 is 1.38 bits per heavy atom. The zero-order chi connectivity index (χ0) is 9.26. The summed E-state index contributed by atoms with van der Waals surface area (Å²) in [4.78, 5) is 0. The molecule has 1 aliphatic rings. The summed E-state index contributed by atoms with van der Waals surface area (Å²) in [5, 5.41) is 9.78. The fraction of sp³-hybridized carbons (Fsp3) is 0.600. The zero-order valence-electron chi connectivity index (χ0n) is 7.37. The Kier molecular flexibility index (Phi) is 2.74. The molecule has 0 aromatic carbocycles. The van der Waals surface area contributed by atoms with Crippen LogP contribution >= 0.6 is 15.9 Å². The van der Waals surface area contributed by atoms with Crippen LogP contribution in [0.2, 0.25) is 0 Å². The Morgan fingerprint density at radius 2 is 2.15 bits per heavy atom. The van der Waals surface area contributed by atoms with E-state index in [9.17, 15) is 5.11 Å². The van der Waals surface area contributed by atoms with E-state index >= 15 is 0 Å². The van der Waals surface area contributed by atoms with E-state index in [1.54, 1.807) is 6.26 Å². The summed E-state index contributed by atoms with van der Waals surface area (Å²) in [6, 6.07) is 1.89. The molecule has 1 saturated carbocycles. The third-order valence-electron chi connectivity index (χ3n) is 2.71. The van der Waals surface area contributed by atoms with Crippen molar-refractivity contribution in [2.24, 2.45) is 0 Å². The minimum atomic E-state index is -0.226. The van der Waals surface area contributed by atoms with Crippen molar-refractivity contribution in [3.05, 3.63) is 22.6 Å². The number of hydrogen-bond acceptors (Lipinski definition) is 2. The van der Waals surface area contributed by atoms with E-state index in [2.05, 4.69) is 15.9 Å². The number of aliphatic hydroxyl groups is 1. The van der Waals surface area contributed by atoms with E-state index < -0.39 is 0 Å². The second-order valence-corrected chi connectivity index (χ2v) is 4.45. The normalized spacial score (nSPS) is 29.1. The molecule has 1 heterocycles. The summed E-state index contributed by atoms with van der Waals surface area (Å²) in [5.74, 6) is 1.10. The minimum Gasteiger partial charge on any atom is -0.468 e. The summed E-state index contributed by atoms with van der Waals surface area (Å²) < 4.78 is 6.35. The molecule has 1 N–H and O–H groups in total. The molecule has 0 radical (unpaired) electrons. The summed E-state index contributed by atoms with van der Waals surface area (Å²) in [7, 11) is 0. The van der Waals surface area contributed by atoms with Crippen LogP contribution in [0.1, 0.15) is 37.4 Å². The van der Waals surface area contributed by atoms with Gasteiger partial charge in [-0.1, -0.05) is 12.8 Å². The molecule has 1 fully saturated rings. The van der Waals surface area contributed by atoms with Gasteiger partial charge in [-0.05, 0) is 34.8 Å². The highest BCUT2D eigenvalue weighted by Crippen LogP contribution is 2.36. The molecule has 72 valence electrons. The summed E-state index contributed by atoms with van der Waals surface area (Å²) in [6.07, 6.45) is 5.70. The van der Waals surface area contributed by atoms with E-state index in [0.717, 1.165) is 29.5 Å². The largest absolute Gasteiger partial charge is 0.468 e. The van der Waals surface area contributed by atoms with E-state index in [0.29, 0.717) is 0 Å². The minimum absolute atomic E-state index is 0.193. The van der Waals surface area contributed by atoms with Crippen molar-refractivity contribution in [2.45, 2.75) is 37.7 Å². The van der Waals surface area contributed by atoms with Crippen LogP contribution in [0.25, 0.3) is 0 Å². The highest BCUT2D eigenvalue weighted by molar-refractivity contribution is 9.10. The quantitative estimate of drug-likeness (QED) is 0.824. The van der Waals surface area contributed by atoms with Crippen molar-refractivity contribution in [3.8, 4) is 0 Å². The van der Waals surface area contributed by atoms with Crippen LogP contribution in [-0.2, 0) is 0 Å². The van der Waals surface area contributed by atoms with Crippen molar-refractivity contribution in [2.75, 3.05) is 0 Å². The Balaban J connectivity index is 2.19. The highest BCUT2D eigenvalue weighted by Gasteiger charge is 2.28. The summed E-state index contributed by atoms with van der Waals surface area (Å²) in [5.41, 5.74) is 0. The molecule has 0 aliphatic heterocycles. The van der Waals surface area contributed by atoms with Crippen LogP contribution < -0.4 is 0 Å². The second-order valence-electron chi connectivity index (χ2n) is 3.59. The van der Waals surface area contributed by atoms with Crippen LogP contribution in [0.3, 0.4) is 0 Å². The summed E-state index contributed by atoms with van der Waals surface area (Å²) >= 11 is 3.42. The van der Waals surface area contributed by atoms with Gasteiger partial charge in [-0.15, -0.1) is 0 Å². The molecule has 2 atom stereocenters. The molecule has 3 heteroatoms. The molecule has 1 aliphatic carbocycles. The maximum absolute atomic E-state index is 9.78. The predicted octanol–water partition coefficient (Wildman–Crippen LogP) is 3.06. The van der Waals surface area contributed by atoms with Gasteiger partial charge in [0, 0.05) is 5.92 Å². The maximum atomic E-state index is 9.78. The van der Waals surface area contributed by atoms with Crippen molar-refractivity contribution < 1.29 is 9.52 Å². The van der Waals surface area contributed by atoms with Crippen molar-refractivity contribution in [1.29, 1.82) is 0 Å². The van der Waals surface area contributed by atoms with Gasteiger partial charge in [-0.3, -0.25) is 0 Å². The van der Waals surface area contributed by atoms with Gasteiger partial charge in [0.2, 0.25) is 0 Å².